The standard InChI is InChI=1S/C23H26N2O5/c1-4-19-22(27)25(18-10-5-6-11-20(18)30-19)13-12-21(26)24-17-9-7-8-16(14-17)23(28)29-15(2)3/h5-11,14-15,19H,4,12-13H2,1-3H3,(H,24,26). The summed E-state index contributed by atoms with van der Waals surface area (Å²) >= 11 is 0. The minimum Gasteiger partial charge on any atom is -0.478 e. The molecule has 30 heavy (non-hydrogen) atoms. The molecule has 0 fully saturated rings. The van der Waals surface area contributed by atoms with Crippen molar-refractivity contribution in [3.05, 3.63) is 54.1 Å². The highest BCUT2D eigenvalue weighted by Crippen LogP contribution is 2.34. The quantitative estimate of drug-likeness (QED) is 0.702. The highest BCUT2D eigenvalue weighted by molar-refractivity contribution is 6.01. The van der Waals surface area contributed by atoms with Crippen molar-refractivity contribution in [1.82, 2.24) is 0 Å². The number of hydrogen-bond acceptors (Lipinski definition) is 5. The number of hydrogen-bond donors (Lipinski definition) is 1. The molecule has 0 saturated heterocycles. The molecular formula is C23H26N2O5. The van der Waals surface area contributed by atoms with E-state index in [9.17, 15) is 14.4 Å². The summed E-state index contributed by atoms with van der Waals surface area (Å²) in [6.45, 7) is 5.67. The molecule has 1 unspecified atom stereocenters. The Morgan fingerprint density at radius 2 is 1.93 bits per heavy atom. The maximum atomic E-state index is 12.7. The number of amides is 2. The van der Waals surface area contributed by atoms with Gasteiger partial charge in [0.05, 0.1) is 17.4 Å². The molecule has 1 heterocycles. The zero-order valence-electron chi connectivity index (χ0n) is 17.4. The first-order chi connectivity index (χ1) is 14.4. The average molecular weight is 410 g/mol. The van der Waals surface area contributed by atoms with E-state index < -0.39 is 12.1 Å². The number of ether oxygens (including phenoxy) is 2. The first-order valence-corrected chi connectivity index (χ1v) is 10.1. The minimum atomic E-state index is -0.549. The number of anilines is 2. The van der Waals surface area contributed by atoms with Crippen LogP contribution in [0.15, 0.2) is 48.5 Å². The molecule has 0 aromatic heterocycles. The van der Waals surface area contributed by atoms with Crippen LogP contribution < -0.4 is 15.0 Å². The molecule has 0 aliphatic carbocycles. The number of carbonyl (C=O) groups is 3. The number of nitrogens with zero attached hydrogens (tertiary/aromatic N) is 1. The first kappa shape index (κ1) is 21.4. The topological polar surface area (TPSA) is 84.9 Å². The first-order valence-electron chi connectivity index (χ1n) is 10.1. The zero-order valence-corrected chi connectivity index (χ0v) is 17.4. The van der Waals surface area contributed by atoms with Crippen LogP contribution in [0.25, 0.3) is 0 Å². The van der Waals surface area contributed by atoms with Gasteiger partial charge in [-0.15, -0.1) is 0 Å². The van der Waals surface area contributed by atoms with Crippen molar-refractivity contribution in [2.24, 2.45) is 0 Å². The molecule has 0 bridgehead atoms. The van der Waals surface area contributed by atoms with Gasteiger partial charge in [-0.25, -0.2) is 4.79 Å². The number of carbonyl (C=O) groups excluding carboxylic acids is 3. The summed E-state index contributed by atoms with van der Waals surface area (Å²) in [7, 11) is 0. The summed E-state index contributed by atoms with van der Waals surface area (Å²) < 4.78 is 10.9. The van der Waals surface area contributed by atoms with Gasteiger partial charge in [0, 0.05) is 18.7 Å². The van der Waals surface area contributed by atoms with E-state index >= 15 is 0 Å². The molecule has 1 aliphatic rings. The number of benzene rings is 2. The van der Waals surface area contributed by atoms with Gasteiger partial charge < -0.3 is 19.7 Å². The summed E-state index contributed by atoms with van der Waals surface area (Å²) in [6.07, 6.45) is -0.116. The number of rotatable bonds is 7. The Morgan fingerprint density at radius 3 is 2.67 bits per heavy atom. The molecule has 7 heteroatoms. The third-order valence-electron chi connectivity index (χ3n) is 4.62. The van der Waals surface area contributed by atoms with Crippen molar-refractivity contribution < 1.29 is 23.9 Å². The van der Waals surface area contributed by atoms with E-state index in [4.69, 9.17) is 9.47 Å². The lowest BCUT2D eigenvalue weighted by Crippen LogP contribution is -2.46. The summed E-state index contributed by atoms with van der Waals surface area (Å²) in [4.78, 5) is 38.8. The maximum Gasteiger partial charge on any atom is 0.338 e. The Hall–Kier alpha value is -3.35. The van der Waals surface area contributed by atoms with Crippen molar-refractivity contribution in [3.63, 3.8) is 0 Å². The summed E-state index contributed by atoms with van der Waals surface area (Å²) in [5.74, 6) is -0.209. The molecular weight excluding hydrogens is 384 g/mol. The molecule has 2 aromatic rings. The molecule has 1 atom stereocenters. The van der Waals surface area contributed by atoms with E-state index in [1.807, 2.05) is 25.1 Å². The highest BCUT2D eigenvalue weighted by atomic mass is 16.5. The molecule has 7 nitrogen and oxygen atoms in total. The van der Waals surface area contributed by atoms with Gasteiger partial charge in [-0.05, 0) is 50.6 Å². The van der Waals surface area contributed by atoms with Crippen molar-refractivity contribution >= 4 is 29.2 Å². The monoisotopic (exact) mass is 410 g/mol. The lowest BCUT2D eigenvalue weighted by molar-refractivity contribution is -0.126. The van der Waals surface area contributed by atoms with Gasteiger partial charge in [-0.3, -0.25) is 9.59 Å². The molecule has 0 spiro atoms. The van der Waals surface area contributed by atoms with Crippen LogP contribution >= 0.6 is 0 Å². The average Bonchev–Trinajstić information content (AvgIpc) is 2.72. The maximum absolute atomic E-state index is 12.7. The van der Waals surface area contributed by atoms with Crippen LogP contribution in [0.3, 0.4) is 0 Å². The second-order valence-electron chi connectivity index (χ2n) is 7.31. The fourth-order valence-electron chi connectivity index (χ4n) is 3.21. The predicted molar refractivity (Wildman–Crippen MR) is 114 cm³/mol. The molecule has 158 valence electrons. The van der Waals surface area contributed by atoms with Crippen LogP contribution in [0.2, 0.25) is 0 Å². The summed E-state index contributed by atoms with van der Waals surface area (Å²) in [5.41, 5.74) is 1.53. The summed E-state index contributed by atoms with van der Waals surface area (Å²) in [6, 6.07) is 13.9. The lowest BCUT2D eigenvalue weighted by atomic mass is 10.1. The van der Waals surface area contributed by atoms with Gasteiger partial charge >= 0.3 is 5.97 Å². The van der Waals surface area contributed by atoms with E-state index in [1.165, 1.54) is 0 Å². The molecule has 2 aromatic carbocycles. The number of esters is 1. The van der Waals surface area contributed by atoms with E-state index in [2.05, 4.69) is 5.32 Å². The zero-order chi connectivity index (χ0) is 21.7. The van der Waals surface area contributed by atoms with E-state index in [0.717, 1.165) is 0 Å². The second-order valence-corrected chi connectivity index (χ2v) is 7.31. The Balaban J connectivity index is 1.65. The fourth-order valence-corrected chi connectivity index (χ4v) is 3.21. The number of fused-ring (bicyclic) bond motifs is 1. The SMILES string of the molecule is CCC1Oc2ccccc2N(CCC(=O)Nc2cccc(C(=O)OC(C)C)c2)C1=O. The van der Waals surface area contributed by atoms with Crippen molar-refractivity contribution in [2.45, 2.75) is 45.8 Å². The number of para-hydroxylation sites is 2. The van der Waals surface area contributed by atoms with E-state index in [-0.39, 0.29) is 30.9 Å². The summed E-state index contributed by atoms with van der Waals surface area (Å²) in [5, 5.41) is 2.78. The van der Waals surface area contributed by atoms with Crippen molar-refractivity contribution in [3.8, 4) is 5.75 Å². The van der Waals surface area contributed by atoms with Crippen LogP contribution in [0.4, 0.5) is 11.4 Å². The van der Waals surface area contributed by atoms with Crippen LogP contribution in [-0.2, 0) is 14.3 Å². The second kappa shape index (κ2) is 9.43. The largest absolute Gasteiger partial charge is 0.478 e. The smallest absolute Gasteiger partial charge is 0.338 e. The van der Waals surface area contributed by atoms with E-state index in [1.54, 1.807) is 49.1 Å². The third-order valence-corrected chi connectivity index (χ3v) is 4.62. The van der Waals surface area contributed by atoms with Gasteiger partial charge in [0.15, 0.2) is 6.10 Å². The fraction of sp³-hybridized carbons (Fsp3) is 0.348. The van der Waals surface area contributed by atoms with Gasteiger partial charge in [0.2, 0.25) is 5.91 Å². The molecule has 1 N–H and O–H groups in total. The van der Waals surface area contributed by atoms with Crippen molar-refractivity contribution in [1.29, 1.82) is 0 Å². The minimum absolute atomic E-state index is 0.108. The van der Waals surface area contributed by atoms with Crippen LogP contribution in [0, 0.1) is 0 Å². The highest BCUT2D eigenvalue weighted by Gasteiger charge is 2.33. The normalized spacial score (nSPS) is 15.4. The van der Waals surface area contributed by atoms with Gasteiger partial charge in [-0.1, -0.05) is 25.1 Å². The molecule has 2 amide bonds. The van der Waals surface area contributed by atoms with Crippen LogP contribution in [0.1, 0.15) is 44.0 Å². The van der Waals surface area contributed by atoms with Crippen molar-refractivity contribution in [2.75, 3.05) is 16.8 Å². The van der Waals surface area contributed by atoms with Crippen LogP contribution in [-0.4, -0.2) is 36.5 Å². The molecule has 0 radical (unpaired) electrons. The molecule has 0 saturated carbocycles. The van der Waals surface area contributed by atoms with Crippen LogP contribution in [0.5, 0.6) is 5.75 Å². The number of nitrogens with one attached hydrogen (secondary N) is 1. The Labute approximate surface area is 176 Å². The Kier molecular flexibility index (Phi) is 6.72. The Morgan fingerprint density at radius 1 is 1.17 bits per heavy atom. The molecule has 3 rings (SSSR count). The lowest BCUT2D eigenvalue weighted by Gasteiger charge is -2.33. The molecule has 1 aliphatic heterocycles. The van der Waals surface area contributed by atoms with Gasteiger partial charge in [0.25, 0.3) is 5.91 Å². The van der Waals surface area contributed by atoms with Gasteiger partial charge in [-0.2, -0.15) is 0 Å². The van der Waals surface area contributed by atoms with E-state index in [0.29, 0.717) is 29.1 Å². The predicted octanol–water partition coefficient (Wildman–Crippen LogP) is 3.78. The third kappa shape index (κ3) is 4.97. The Bertz CT molecular complexity index is 941. The van der Waals surface area contributed by atoms with Gasteiger partial charge in [0.1, 0.15) is 5.75 Å².